The van der Waals surface area contributed by atoms with Crippen LogP contribution >= 0.6 is 11.8 Å². The molecule has 0 aliphatic carbocycles. The largest absolute Gasteiger partial charge is 0.478 e. The molecule has 0 radical (unpaired) electrons. The molecule has 23 heavy (non-hydrogen) atoms. The van der Waals surface area contributed by atoms with Crippen molar-refractivity contribution >= 4 is 17.7 Å². The molecule has 3 aromatic rings. The molecular formula is C17H13N3O2S. The molecule has 1 N–H and O–H groups in total. The molecule has 0 spiro atoms. The number of nitrogens with zero attached hydrogens (tertiary/aromatic N) is 3. The highest BCUT2D eigenvalue weighted by Crippen LogP contribution is 2.31. The van der Waals surface area contributed by atoms with Crippen molar-refractivity contribution < 1.29 is 9.90 Å². The zero-order valence-electron chi connectivity index (χ0n) is 12.3. The van der Waals surface area contributed by atoms with Gasteiger partial charge in [-0.25, -0.2) is 9.78 Å². The van der Waals surface area contributed by atoms with Crippen molar-refractivity contribution in [1.82, 2.24) is 15.2 Å². The lowest BCUT2D eigenvalue weighted by atomic mass is 9.97. The summed E-state index contributed by atoms with van der Waals surface area (Å²) >= 11 is 1.43. The lowest BCUT2D eigenvalue weighted by molar-refractivity contribution is 0.0697. The highest BCUT2D eigenvalue weighted by Gasteiger charge is 2.10. The first-order valence-electron chi connectivity index (χ1n) is 6.86. The number of hydrogen-bond acceptors (Lipinski definition) is 5. The first-order valence-corrected chi connectivity index (χ1v) is 8.08. The van der Waals surface area contributed by atoms with Crippen molar-refractivity contribution in [2.45, 2.75) is 5.16 Å². The molecule has 0 aliphatic heterocycles. The first-order chi connectivity index (χ1) is 11.2. The SMILES string of the molecule is CSc1nncc(-c2ccccc2-c2ccc(C(=O)O)cc2)n1. The molecule has 0 bridgehead atoms. The molecule has 5 nitrogen and oxygen atoms in total. The third-order valence-electron chi connectivity index (χ3n) is 3.37. The van der Waals surface area contributed by atoms with Crippen LogP contribution in [0.4, 0.5) is 0 Å². The minimum Gasteiger partial charge on any atom is -0.478 e. The average Bonchev–Trinajstić information content (AvgIpc) is 2.62. The van der Waals surface area contributed by atoms with Gasteiger partial charge in [-0.05, 0) is 29.5 Å². The maximum absolute atomic E-state index is 11.0. The Balaban J connectivity index is 2.08. The average molecular weight is 323 g/mol. The van der Waals surface area contributed by atoms with E-state index in [0.29, 0.717) is 5.16 Å². The summed E-state index contributed by atoms with van der Waals surface area (Å²) in [5.74, 6) is -0.936. The summed E-state index contributed by atoms with van der Waals surface area (Å²) < 4.78 is 0. The molecular weight excluding hydrogens is 310 g/mol. The molecule has 0 atom stereocenters. The minimum absolute atomic E-state index is 0.264. The number of aromatic nitrogens is 3. The molecule has 0 amide bonds. The Morgan fingerprint density at radius 1 is 1.04 bits per heavy atom. The molecule has 0 saturated heterocycles. The summed E-state index contributed by atoms with van der Waals surface area (Å²) in [7, 11) is 0. The van der Waals surface area contributed by atoms with E-state index in [0.717, 1.165) is 22.4 Å². The van der Waals surface area contributed by atoms with Crippen LogP contribution in [0.1, 0.15) is 10.4 Å². The summed E-state index contributed by atoms with van der Waals surface area (Å²) in [4.78, 5) is 15.5. The van der Waals surface area contributed by atoms with Crippen molar-refractivity contribution in [3.05, 3.63) is 60.3 Å². The van der Waals surface area contributed by atoms with Gasteiger partial charge in [0.15, 0.2) is 0 Å². The Morgan fingerprint density at radius 3 is 2.39 bits per heavy atom. The molecule has 0 fully saturated rings. The second-order valence-electron chi connectivity index (χ2n) is 4.76. The quantitative estimate of drug-likeness (QED) is 0.739. The van der Waals surface area contributed by atoms with E-state index in [2.05, 4.69) is 15.2 Å². The van der Waals surface area contributed by atoms with E-state index in [4.69, 9.17) is 5.11 Å². The number of hydrogen-bond donors (Lipinski definition) is 1. The van der Waals surface area contributed by atoms with Crippen LogP contribution in [-0.2, 0) is 0 Å². The van der Waals surface area contributed by atoms with E-state index >= 15 is 0 Å². The standard InChI is InChI=1S/C17H13N3O2S/c1-23-17-19-15(10-18-20-17)14-5-3-2-4-13(14)11-6-8-12(9-7-11)16(21)22/h2-10H,1H3,(H,21,22). The lowest BCUT2D eigenvalue weighted by Crippen LogP contribution is -1.96. The smallest absolute Gasteiger partial charge is 0.335 e. The lowest BCUT2D eigenvalue weighted by Gasteiger charge is -2.09. The zero-order chi connectivity index (χ0) is 16.2. The van der Waals surface area contributed by atoms with Gasteiger partial charge in [0.25, 0.3) is 0 Å². The molecule has 1 aromatic heterocycles. The van der Waals surface area contributed by atoms with E-state index in [-0.39, 0.29) is 5.56 Å². The predicted molar refractivity (Wildman–Crippen MR) is 89.4 cm³/mol. The third-order valence-corrected chi connectivity index (χ3v) is 3.91. The van der Waals surface area contributed by atoms with Crippen LogP contribution in [-0.4, -0.2) is 32.5 Å². The van der Waals surface area contributed by atoms with Crippen molar-refractivity contribution in [3.8, 4) is 22.4 Å². The van der Waals surface area contributed by atoms with Crippen LogP contribution in [0, 0.1) is 0 Å². The van der Waals surface area contributed by atoms with Crippen LogP contribution in [0.5, 0.6) is 0 Å². The van der Waals surface area contributed by atoms with E-state index < -0.39 is 5.97 Å². The maximum atomic E-state index is 11.0. The Kier molecular flexibility index (Phi) is 4.34. The van der Waals surface area contributed by atoms with Crippen LogP contribution < -0.4 is 0 Å². The topological polar surface area (TPSA) is 76.0 Å². The van der Waals surface area contributed by atoms with Gasteiger partial charge in [0.1, 0.15) is 0 Å². The first kappa shape index (κ1) is 15.2. The molecule has 0 unspecified atom stereocenters. The molecule has 114 valence electrons. The van der Waals surface area contributed by atoms with Crippen molar-refractivity contribution in [2.75, 3.05) is 6.26 Å². The highest BCUT2D eigenvalue weighted by atomic mass is 32.2. The van der Waals surface area contributed by atoms with E-state index in [9.17, 15) is 4.79 Å². The molecule has 0 aliphatic rings. The normalized spacial score (nSPS) is 10.5. The summed E-state index contributed by atoms with van der Waals surface area (Å²) in [6, 6.07) is 14.6. The molecule has 1 heterocycles. The second kappa shape index (κ2) is 6.58. The van der Waals surface area contributed by atoms with Crippen LogP contribution in [0.3, 0.4) is 0 Å². The van der Waals surface area contributed by atoms with Gasteiger partial charge in [0.05, 0.1) is 17.5 Å². The van der Waals surface area contributed by atoms with E-state index in [1.165, 1.54) is 11.8 Å². The second-order valence-corrected chi connectivity index (χ2v) is 5.53. The van der Waals surface area contributed by atoms with E-state index in [1.54, 1.807) is 30.5 Å². The number of aromatic carboxylic acids is 1. The molecule has 2 aromatic carbocycles. The molecule has 3 rings (SSSR count). The Labute approximate surface area is 137 Å². The van der Waals surface area contributed by atoms with Gasteiger partial charge in [-0.15, -0.1) is 5.10 Å². The summed E-state index contributed by atoms with van der Waals surface area (Å²) in [6.45, 7) is 0. The van der Waals surface area contributed by atoms with Gasteiger partial charge >= 0.3 is 5.97 Å². The van der Waals surface area contributed by atoms with Gasteiger partial charge in [0.2, 0.25) is 5.16 Å². The molecule has 0 saturated carbocycles. The van der Waals surface area contributed by atoms with E-state index in [1.807, 2.05) is 30.5 Å². The predicted octanol–water partition coefficient (Wildman–Crippen LogP) is 3.63. The van der Waals surface area contributed by atoms with Crippen molar-refractivity contribution in [2.24, 2.45) is 0 Å². The number of carboxylic acid groups (broad SMARTS) is 1. The van der Waals surface area contributed by atoms with Crippen molar-refractivity contribution in [3.63, 3.8) is 0 Å². The Bertz CT molecular complexity index is 850. The zero-order valence-corrected chi connectivity index (χ0v) is 13.1. The number of carboxylic acids is 1. The number of carbonyl (C=O) groups is 1. The van der Waals surface area contributed by atoms with Crippen molar-refractivity contribution in [1.29, 1.82) is 0 Å². The minimum atomic E-state index is -0.936. The number of benzene rings is 2. The van der Waals surface area contributed by atoms with Crippen LogP contribution in [0.15, 0.2) is 59.9 Å². The fourth-order valence-electron chi connectivity index (χ4n) is 2.25. The van der Waals surface area contributed by atoms with Gasteiger partial charge in [-0.1, -0.05) is 48.2 Å². The third kappa shape index (κ3) is 3.22. The Hall–Kier alpha value is -2.73. The number of thioether (sulfide) groups is 1. The van der Waals surface area contributed by atoms with Gasteiger partial charge in [-0.2, -0.15) is 5.10 Å². The van der Waals surface area contributed by atoms with Gasteiger partial charge < -0.3 is 5.11 Å². The summed E-state index contributed by atoms with van der Waals surface area (Å²) in [5.41, 5.74) is 3.83. The fourth-order valence-corrected chi connectivity index (χ4v) is 2.57. The van der Waals surface area contributed by atoms with Crippen LogP contribution in [0.25, 0.3) is 22.4 Å². The number of rotatable bonds is 4. The van der Waals surface area contributed by atoms with Crippen LogP contribution in [0.2, 0.25) is 0 Å². The summed E-state index contributed by atoms with van der Waals surface area (Å²) in [5, 5.41) is 17.6. The van der Waals surface area contributed by atoms with Gasteiger partial charge in [0, 0.05) is 5.56 Å². The molecule has 6 heteroatoms. The summed E-state index contributed by atoms with van der Waals surface area (Å²) in [6.07, 6.45) is 3.53. The fraction of sp³-hybridized carbons (Fsp3) is 0.0588. The Morgan fingerprint density at radius 2 is 1.74 bits per heavy atom. The maximum Gasteiger partial charge on any atom is 0.335 e. The monoisotopic (exact) mass is 323 g/mol. The van der Waals surface area contributed by atoms with Gasteiger partial charge in [-0.3, -0.25) is 0 Å². The highest BCUT2D eigenvalue weighted by molar-refractivity contribution is 7.98.